The predicted molar refractivity (Wildman–Crippen MR) is 97.2 cm³/mol. The zero-order chi connectivity index (χ0) is 17.2. The van der Waals surface area contributed by atoms with Crippen molar-refractivity contribution >= 4 is 11.8 Å². The van der Waals surface area contributed by atoms with Crippen LogP contribution in [-0.2, 0) is 11.2 Å². The first-order chi connectivity index (χ1) is 11.4. The smallest absolute Gasteiger partial charge is 0.237 e. The minimum Gasteiger partial charge on any atom is -0.338 e. The van der Waals surface area contributed by atoms with Crippen molar-refractivity contribution < 1.29 is 4.52 Å². The van der Waals surface area contributed by atoms with Gasteiger partial charge in [-0.3, -0.25) is 4.90 Å². The fraction of sp³-hybridized carbons (Fsp3) is 0.556. The van der Waals surface area contributed by atoms with Crippen LogP contribution in [0.25, 0.3) is 0 Å². The molecule has 1 fully saturated rings. The number of piperazine rings is 1. The molecule has 1 aliphatic rings. The average molecular weight is 347 g/mol. The van der Waals surface area contributed by atoms with Crippen LogP contribution in [0.2, 0.25) is 0 Å². The Kier molecular flexibility index (Phi) is 5.27. The molecule has 1 atom stereocenters. The third-order valence-electron chi connectivity index (χ3n) is 4.38. The molecule has 1 unspecified atom stereocenters. The predicted octanol–water partition coefficient (Wildman–Crippen LogP) is 3.24. The van der Waals surface area contributed by atoms with E-state index in [0.29, 0.717) is 11.6 Å². The number of thioether (sulfide) groups is 1. The molecule has 0 spiro atoms. The van der Waals surface area contributed by atoms with E-state index in [1.807, 2.05) is 0 Å². The van der Waals surface area contributed by atoms with E-state index in [2.05, 4.69) is 72.4 Å². The van der Waals surface area contributed by atoms with E-state index in [1.54, 1.807) is 11.8 Å². The molecule has 2 aromatic rings. The van der Waals surface area contributed by atoms with Gasteiger partial charge >= 0.3 is 0 Å². The van der Waals surface area contributed by atoms with Gasteiger partial charge in [0, 0.05) is 24.5 Å². The molecule has 3 rings (SSSR count). The monoisotopic (exact) mass is 346 g/mol. The van der Waals surface area contributed by atoms with Crippen LogP contribution >= 0.6 is 11.8 Å². The summed E-state index contributed by atoms with van der Waals surface area (Å²) < 4.78 is 5.43. The van der Waals surface area contributed by atoms with Gasteiger partial charge in [0.1, 0.15) is 0 Å². The van der Waals surface area contributed by atoms with Crippen LogP contribution < -0.4 is 5.32 Å². The summed E-state index contributed by atoms with van der Waals surface area (Å²) in [4.78, 5) is 8.06. The van der Waals surface area contributed by atoms with Gasteiger partial charge in [0.25, 0.3) is 0 Å². The fourth-order valence-electron chi connectivity index (χ4n) is 2.75. The zero-order valence-corrected chi connectivity index (χ0v) is 15.7. The van der Waals surface area contributed by atoms with Gasteiger partial charge in [-0.15, -0.1) is 11.8 Å². The fourth-order valence-corrected chi connectivity index (χ4v) is 3.49. The molecule has 0 saturated carbocycles. The number of hydrogen-bond donors (Lipinski definition) is 1. The van der Waals surface area contributed by atoms with E-state index in [0.717, 1.165) is 25.5 Å². The normalized spacial score (nSPS) is 19.6. The maximum absolute atomic E-state index is 5.43. The first kappa shape index (κ1) is 17.5. The first-order valence-electron chi connectivity index (χ1n) is 8.40. The Morgan fingerprint density at radius 2 is 2.04 bits per heavy atom. The molecule has 0 aliphatic carbocycles. The Morgan fingerprint density at radius 3 is 2.71 bits per heavy atom. The second-order valence-electron chi connectivity index (χ2n) is 7.31. The van der Waals surface area contributed by atoms with Crippen molar-refractivity contribution in [3.05, 3.63) is 41.5 Å². The summed E-state index contributed by atoms with van der Waals surface area (Å²) >= 11 is 1.73. The molecule has 6 heteroatoms. The summed E-state index contributed by atoms with van der Waals surface area (Å²) in [5, 5.41) is 7.55. The van der Waals surface area contributed by atoms with Crippen molar-refractivity contribution in [1.29, 1.82) is 0 Å². The van der Waals surface area contributed by atoms with Crippen LogP contribution in [0.15, 0.2) is 33.7 Å². The standard InChI is InChI=1S/C18H26N4OS/c1-18(2,3)13-5-7-14(8-6-13)24-12-16-20-17(21-23-16)15-11-19-9-10-22(15)4/h5-8,15,19H,9-12H2,1-4H3. The van der Waals surface area contributed by atoms with E-state index in [4.69, 9.17) is 4.52 Å². The molecule has 130 valence electrons. The lowest BCUT2D eigenvalue weighted by Crippen LogP contribution is -2.44. The van der Waals surface area contributed by atoms with Crippen molar-refractivity contribution in [2.24, 2.45) is 0 Å². The van der Waals surface area contributed by atoms with E-state index < -0.39 is 0 Å². The summed E-state index contributed by atoms with van der Waals surface area (Å²) in [7, 11) is 2.10. The number of likely N-dealkylation sites (N-methyl/N-ethyl adjacent to an activating group) is 1. The molecule has 5 nitrogen and oxygen atoms in total. The second kappa shape index (κ2) is 7.25. The number of rotatable bonds is 4. The number of benzene rings is 1. The second-order valence-corrected chi connectivity index (χ2v) is 8.36. The van der Waals surface area contributed by atoms with Crippen molar-refractivity contribution in [3.63, 3.8) is 0 Å². The Hall–Kier alpha value is -1.37. The Morgan fingerprint density at radius 1 is 1.29 bits per heavy atom. The summed E-state index contributed by atoms with van der Waals surface area (Å²) in [5.74, 6) is 2.17. The highest BCUT2D eigenvalue weighted by molar-refractivity contribution is 7.98. The van der Waals surface area contributed by atoms with Gasteiger partial charge in [-0.05, 0) is 30.2 Å². The zero-order valence-electron chi connectivity index (χ0n) is 14.9. The van der Waals surface area contributed by atoms with Crippen LogP contribution in [0.1, 0.15) is 44.1 Å². The van der Waals surface area contributed by atoms with Crippen molar-refractivity contribution in [3.8, 4) is 0 Å². The molecular weight excluding hydrogens is 320 g/mol. The van der Waals surface area contributed by atoms with Crippen LogP contribution in [0.4, 0.5) is 0 Å². The molecule has 24 heavy (non-hydrogen) atoms. The largest absolute Gasteiger partial charge is 0.338 e. The third kappa shape index (κ3) is 4.18. The van der Waals surface area contributed by atoms with Gasteiger partial charge in [0.15, 0.2) is 5.82 Å². The lowest BCUT2D eigenvalue weighted by molar-refractivity contribution is 0.190. The van der Waals surface area contributed by atoms with Crippen LogP contribution in [-0.4, -0.2) is 41.7 Å². The third-order valence-corrected chi connectivity index (χ3v) is 5.37. The summed E-state index contributed by atoms with van der Waals surface area (Å²) in [5.41, 5.74) is 1.53. The molecule has 0 amide bonds. The van der Waals surface area contributed by atoms with E-state index in [1.165, 1.54) is 10.5 Å². The van der Waals surface area contributed by atoms with Crippen molar-refractivity contribution in [2.75, 3.05) is 26.7 Å². The van der Waals surface area contributed by atoms with Gasteiger partial charge < -0.3 is 9.84 Å². The van der Waals surface area contributed by atoms with E-state index >= 15 is 0 Å². The lowest BCUT2D eigenvalue weighted by atomic mass is 9.87. The summed E-state index contributed by atoms with van der Waals surface area (Å²) in [6, 6.07) is 8.93. The first-order valence-corrected chi connectivity index (χ1v) is 9.39. The van der Waals surface area contributed by atoms with Gasteiger partial charge in [0.2, 0.25) is 5.89 Å². The molecule has 1 saturated heterocycles. The highest BCUT2D eigenvalue weighted by Gasteiger charge is 2.25. The van der Waals surface area contributed by atoms with Crippen molar-refractivity contribution in [2.45, 2.75) is 42.9 Å². The topological polar surface area (TPSA) is 54.2 Å². The summed E-state index contributed by atoms with van der Waals surface area (Å²) in [6.07, 6.45) is 0. The SMILES string of the molecule is CN1CCNCC1c1noc(CSc2ccc(C(C)(C)C)cc2)n1. The summed E-state index contributed by atoms with van der Waals surface area (Å²) in [6.45, 7) is 9.57. The molecule has 1 N–H and O–H groups in total. The maximum atomic E-state index is 5.43. The molecular formula is C18H26N4OS. The Labute approximate surface area is 148 Å². The Balaban J connectivity index is 1.59. The van der Waals surface area contributed by atoms with Gasteiger partial charge in [-0.2, -0.15) is 4.98 Å². The van der Waals surface area contributed by atoms with Gasteiger partial charge in [-0.25, -0.2) is 0 Å². The van der Waals surface area contributed by atoms with Gasteiger partial charge in [0.05, 0.1) is 11.8 Å². The highest BCUT2D eigenvalue weighted by Crippen LogP contribution is 2.27. The quantitative estimate of drug-likeness (QED) is 0.858. The van der Waals surface area contributed by atoms with Gasteiger partial charge in [-0.1, -0.05) is 38.1 Å². The number of aromatic nitrogens is 2. The average Bonchev–Trinajstić information content (AvgIpc) is 3.02. The minimum atomic E-state index is 0.185. The van der Waals surface area contributed by atoms with Crippen LogP contribution in [0.5, 0.6) is 0 Å². The molecule has 1 aromatic heterocycles. The maximum Gasteiger partial charge on any atom is 0.237 e. The molecule has 2 heterocycles. The number of nitrogens with one attached hydrogen (secondary N) is 1. The minimum absolute atomic E-state index is 0.185. The molecule has 0 radical (unpaired) electrons. The number of hydrogen-bond acceptors (Lipinski definition) is 6. The van der Waals surface area contributed by atoms with Crippen LogP contribution in [0, 0.1) is 0 Å². The van der Waals surface area contributed by atoms with Crippen LogP contribution in [0.3, 0.4) is 0 Å². The van der Waals surface area contributed by atoms with E-state index in [-0.39, 0.29) is 11.5 Å². The van der Waals surface area contributed by atoms with Crippen molar-refractivity contribution in [1.82, 2.24) is 20.4 Å². The molecule has 0 bridgehead atoms. The molecule has 1 aliphatic heterocycles. The highest BCUT2D eigenvalue weighted by atomic mass is 32.2. The molecule has 1 aromatic carbocycles. The number of nitrogens with zero attached hydrogens (tertiary/aromatic N) is 3. The Bertz CT molecular complexity index is 662. The van der Waals surface area contributed by atoms with E-state index in [9.17, 15) is 0 Å². The lowest BCUT2D eigenvalue weighted by Gasteiger charge is -2.30.